The van der Waals surface area contributed by atoms with Crippen molar-refractivity contribution in [3.05, 3.63) is 36.2 Å². The molecule has 2 aliphatic heterocycles. The second-order valence-corrected chi connectivity index (χ2v) is 9.45. The van der Waals surface area contributed by atoms with Crippen LogP contribution in [0.5, 0.6) is 0 Å². The number of para-hydroxylation sites is 2. The van der Waals surface area contributed by atoms with Gasteiger partial charge in [0.25, 0.3) is 6.43 Å². The standard InChI is InChI=1S/C25H30F2N8O3/c26-23(27)24-30-17-3-1-2-4-18(17)35(24)21-13-20(31-25(32-21)33-9-11-38-12-10-33)29-14-16-7-8-34(15-16)22(37)6-5-19(28)36/h1-4,13,16,23H,5-12,14-15H2,(H2,28,36)(H,29,31,32)/t16-/m1/s1. The van der Waals surface area contributed by atoms with E-state index in [0.717, 1.165) is 6.42 Å². The van der Waals surface area contributed by atoms with Crippen LogP contribution in [0.2, 0.25) is 0 Å². The Balaban J connectivity index is 1.40. The number of nitrogens with zero attached hydrogens (tertiary/aromatic N) is 6. The minimum Gasteiger partial charge on any atom is -0.378 e. The number of imidazole rings is 1. The van der Waals surface area contributed by atoms with Crippen LogP contribution in [0.3, 0.4) is 0 Å². The molecule has 0 bridgehead atoms. The van der Waals surface area contributed by atoms with Crippen LogP contribution in [0.4, 0.5) is 20.5 Å². The van der Waals surface area contributed by atoms with Gasteiger partial charge in [-0.2, -0.15) is 9.97 Å². The molecule has 38 heavy (non-hydrogen) atoms. The number of carbonyl (C=O) groups is 2. The molecule has 0 radical (unpaired) electrons. The van der Waals surface area contributed by atoms with E-state index in [1.165, 1.54) is 4.57 Å². The molecule has 5 rings (SSSR count). The number of primary amides is 1. The molecule has 0 aliphatic carbocycles. The van der Waals surface area contributed by atoms with Crippen LogP contribution < -0.4 is 16.0 Å². The molecule has 2 amide bonds. The van der Waals surface area contributed by atoms with Crippen LogP contribution in [0.25, 0.3) is 16.9 Å². The van der Waals surface area contributed by atoms with Crippen molar-refractivity contribution in [1.82, 2.24) is 24.4 Å². The quantitative estimate of drug-likeness (QED) is 0.432. The largest absolute Gasteiger partial charge is 0.378 e. The molecule has 0 spiro atoms. The highest BCUT2D eigenvalue weighted by molar-refractivity contribution is 5.83. The number of rotatable bonds is 9. The van der Waals surface area contributed by atoms with Crippen molar-refractivity contribution in [2.75, 3.05) is 56.2 Å². The van der Waals surface area contributed by atoms with Crippen molar-refractivity contribution in [2.24, 2.45) is 11.7 Å². The average Bonchev–Trinajstić information content (AvgIpc) is 3.56. The summed E-state index contributed by atoms with van der Waals surface area (Å²) in [7, 11) is 0. The maximum Gasteiger partial charge on any atom is 0.296 e. The number of fused-ring (bicyclic) bond motifs is 1. The van der Waals surface area contributed by atoms with Gasteiger partial charge >= 0.3 is 0 Å². The van der Waals surface area contributed by atoms with Gasteiger partial charge < -0.3 is 25.6 Å². The molecule has 3 N–H and O–H groups in total. The van der Waals surface area contributed by atoms with Gasteiger partial charge in [0.2, 0.25) is 17.8 Å². The zero-order chi connectivity index (χ0) is 26.6. The molecule has 2 saturated heterocycles. The van der Waals surface area contributed by atoms with E-state index < -0.39 is 12.3 Å². The van der Waals surface area contributed by atoms with Gasteiger partial charge in [-0.15, -0.1) is 0 Å². The van der Waals surface area contributed by atoms with Gasteiger partial charge in [-0.3, -0.25) is 14.2 Å². The Morgan fingerprint density at radius 1 is 1.11 bits per heavy atom. The van der Waals surface area contributed by atoms with Gasteiger partial charge in [0.15, 0.2) is 5.82 Å². The Bertz CT molecular complexity index is 1310. The van der Waals surface area contributed by atoms with Gasteiger partial charge in [-0.25, -0.2) is 13.8 Å². The molecule has 4 heterocycles. The molecular formula is C25H30F2N8O3. The molecule has 0 saturated carbocycles. The molecule has 11 nitrogen and oxygen atoms in total. The molecule has 1 atom stereocenters. The first-order chi connectivity index (χ1) is 18.4. The molecule has 202 valence electrons. The Morgan fingerprint density at radius 3 is 2.66 bits per heavy atom. The van der Waals surface area contributed by atoms with Gasteiger partial charge in [0.05, 0.1) is 24.2 Å². The number of carbonyl (C=O) groups excluding carboxylic acids is 2. The molecule has 2 fully saturated rings. The minimum absolute atomic E-state index is 0.0375. The number of anilines is 2. The molecule has 2 aliphatic rings. The number of hydrogen-bond donors (Lipinski definition) is 2. The lowest BCUT2D eigenvalue weighted by Gasteiger charge is -2.27. The Labute approximate surface area is 218 Å². The highest BCUT2D eigenvalue weighted by Gasteiger charge is 2.27. The van der Waals surface area contributed by atoms with E-state index in [1.54, 1.807) is 35.2 Å². The fourth-order valence-corrected chi connectivity index (χ4v) is 4.83. The predicted octanol–water partition coefficient (Wildman–Crippen LogP) is 2.12. The Hall–Kier alpha value is -3.87. The van der Waals surface area contributed by atoms with Crippen molar-refractivity contribution in [3.8, 4) is 5.82 Å². The maximum absolute atomic E-state index is 14.0. The van der Waals surface area contributed by atoms with Gasteiger partial charge in [0, 0.05) is 51.6 Å². The number of halogens is 2. The third kappa shape index (κ3) is 5.67. The first kappa shape index (κ1) is 25.8. The Kier molecular flexibility index (Phi) is 7.63. The number of morpholine rings is 1. The lowest BCUT2D eigenvalue weighted by atomic mass is 10.1. The van der Waals surface area contributed by atoms with Crippen molar-refractivity contribution in [3.63, 3.8) is 0 Å². The number of alkyl halides is 2. The molecule has 2 aromatic heterocycles. The number of hydrogen-bond acceptors (Lipinski definition) is 8. The third-order valence-corrected chi connectivity index (χ3v) is 6.80. The lowest BCUT2D eigenvalue weighted by Crippen LogP contribution is -2.37. The number of benzene rings is 1. The van der Waals surface area contributed by atoms with Crippen LogP contribution >= 0.6 is 0 Å². The van der Waals surface area contributed by atoms with Crippen LogP contribution in [-0.2, 0) is 14.3 Å². The Morgan fingerprint density at radius 2 is 1.89 bits per heavy atom. The number of aromatic nitrogens is 4. The SMILES string of the molecule is NC(=O)CCC(=O)N1CC[C@H](CNc2cc(-n3c(C(F)F)nc4ccccc43)nc(N3CCOCC3)n2)C1. The fourth-order valence-electron chi connectivity index (χ4n) is 4.83. The molecule has 1 aromatic carbocycles. The van der Waals surface area contributed by atoms with Crippen LogP contribution in [0.15, 0.2) is 30.3 Å². The smallest absolute Gasteiger partial charge is 0.296 e. The summed E-state index contributed by atoms with van der Waals surface area (Å²) in [6.07, 6.45) is -1.85. The summed E-state index contributed by atoms with van der Waals surface area (Å²) >= 11 is 0. The predicted molar refractivity (Wildman–Crippen MR) is 136 cm³/mol. The third-order valence-electron chi connectivity index (χ3n) is 6.80. The molecule has 3 aromatic rings. The lowest BCUT2D eigenvalue weighted by molar-refractivity contribution is -0.132. The summed E-state index contributed by atoms with van der Waals surface area (Å²) in [5.74, 6) is 0.411. The number of nitrogens with two attached hydrogens (primary N) is 1. The molecule has 13 heteroatoms. The highest BCUT2D eigenvalue weighted by atomic mass is 19.3. The fraction of sp³-hybridized carbons (Fsp3) is 0.480. The van der Waals surface area contributed by atoms with E-state index >= 15 is 0 Å². The number of ether oxygens (including phenoxy) is 1. The van der Waals surface area contributed by atoms with Gasteiger partial charge in [-0.05, 0) is 24.5 Å². The summed E-state index contributed by atoms with van der Waals surface area (Å²) in [6, 6.07) is 8.60. The normalized spacial score (nSPS) is 17.9. The first-order valence-electron chi connectivity index (χ1n) is 12.7. The van der Waals surface area contributed by atoms with Crippen molar-refractivity contribution < 1.29 is 23.1 Å². The molecule has 0 unspecified atom stereocenters. The average molecular weight is 529 g/mol. The van der Waals surface area contributed by atoms with Crippen molar-refractivity contribution in [1.29, 1.82) is 0 Å². The van der Waals surface area contributed by atoms with E-state index in [-0.39, 0.29) is 30.5 Å². The minimum atomic E-state index is -2.79. The summed E-state index contributed by atoms with van der Waals surface area (Å²) in [5, 5.41) is 3.33. The van der Waals surface area contributed by atoms with E-state index in [2.05, 4.69) is 20.3 Å². The second kappa shape index (κ2) is 11.3. The summed E-state index contributed by atoms with van der Waals surface area (Å²) in [6.45, 7) is 3.91. The first-order valence-corrected chi connectivity index (χ1v) is 12.7. The van der Waals surface area contributed by atoms with Crippen LogP contribution in [-0.4, -0.2) is 82.2 Å². The summed E-state index contributed by atoms with van der Waals surface area (Å²) < 4.78 is 34.9. The van der Waals surface area contributed by atoms with Crippen LogP contribution in [0, 0.1) is 5.92 Å². The number of amides is 2. The second-order valence-electron chi connectivity index (χ2n) is 9.45. The zero-order valence-corrected chi connectivity index (χ0v) is 20.9. The van der Waals surface area contributed by atoms with Crippen molar-refractivity contribution >= 4 is 34.6 Å². The van der Waals surface area contributed by atoms with E-state index in [4.69, 9.17) is 10.5 Å². The van der Waals surface area contributed by atoms with E-state index in [0.29, 0.717) is 74.6 Å². The summed E-state index contributed by atoms with van der Waals surface area (Å²) in [4.78, 5) is 40.6. The highest BCUT2D eigenvalue weighted by Crippen LogP contribution is 2.29. The van der Waals surface area contributed by atoms with Crippen molar-refractivity contribution in [2.45, 2.75) is 25.7 Å². The summed E-state index contributed by atoms with van der Waals surface area (Å²) in [5.41, 5.74) is 6.14. The maximum atomic E-state index is 14.0. The van der Waals surface area contributed by atoms with E-state index in [9.17, 15) is 18.4 Å². The van der Waals surface area contributed by atoms with E-state index in [1.807, 2.05) is 4.90 Å². The zero-order valence-electron chi connectivity index (χ0n) is 20.9. The topological polar surface area (TPSA) is 132 Å². The number of likely N-dealkylation sites (tertiary alicyclic amines) is 1. The van der Waals surface area contributed by atoms with Gasteiger partial charge in [0.1, 0.15) is 11.6 Å². The number of nitrogens with one attached hydrogen (secondary N) is 1. The molecular weight excluding hydrogens is 498 g/mol. The van der Waals surface area contributed by atoms with Crippen LogP contribution in [0.1, 0.15) is 31.5 Å². The van der Waals surface area contributed by atoms with Gasteiger partial charge in [-0.1, -0.05) is 12.1 Å². The monoisotopic (exact) mass is 528 g/mol.